The van der Waals surface area contributed by atoms with Gasteiger partial charge in [0.05, 0.1) is 33.2 Å². The monoisotopic (exact) mass is 470 g/mol. The molecule has 1 heterocycles. The van der Waals surface area contributed by atoms with Crippen molar-refractivity contribution in [3.8, 4) is 5.75 Å². The lowest BCUT2D eigenvalue weighted by atomic mass is 9.98. The van der Waals surface area contributed by atoms with Crippen molar-refractivity contribution in [2.45, 2.75) is 31.6 Å². The molecule has 1 atom stereocenters. The summed E-state index contributed by atoms with van der Waals surface area (Å²) in [5, 5.41) is 3.42. The summed E-state index contributed by atoms with van der Waals surface area (Å²) in [6.45, 7) is 4.65. The highest BCUT2D eigenvalue weighted by Gasteiger charge is 2.34. The zero-order valence-corrected chi connectivity index (χ0v) is 19.1. The predicted octanol–water partition coefficient (Wildman–Crippen LogP) is 4.74. The van der Waals surface area contributed by atoms with Crippen LogP contribution in [-0.2, 0) is 14.8 Å². The van der Waals surface area contributed by atoms with Crippen molar-refractivity contribution in [3.63, 3.8) is 0 Å². The molecule has 1 fully saturated rings. The van der Waals surface area contributed by atoms with E-state index in [-0.39, 0.29) is 17.3 Å². The normalized spacial score (nSPS) is 17.5. The number of hydrogen-bond acceptors (Lipinski definition) is 4. The summed E-state index contributed by atoms with van der Waals surface area (Å²) in [6.07, 6.45) is 1.17. The van der Waals surface area contributed by atoms with Gasteiger partial charge in [-0.05, 0) is 62.6 Å². The molecule has 0 aliphatic carbocycles. The highest BCUT2D eigenvalue weighted by molar-refractivity contribution is 7.89. The molecule has 0 bridgehead atoms. The molecule has 1 amide bonds. The van der Waals surface area contributed by atoms with Crippen molar-refractivity contribution in [1.29, 1.82) is 0 Å². The van der Waals surface area contributed by atoms with E-state index in [1.165, 1.54) is 4.31 Å². The van der Waals surface area contributed by atoms with Crippen LogP contribution >= 0.6 is 23.2 Å². The number of rotatable bonds is 6. The maximum Gasteiger partial charge on any atom is 0.243 e. The van der Waals surface area contributed by atoms with Crippen LogP contribution in [0.4, 0.5) is 5.69 Å². The quantitative estimate of drug-likeness (QED) is 0.661. The second-order valence-corrected chi connectivity index (χ2v) is 9.90. The second-order valence-electron chi connectivity index (χ2n) is 7.15. The van der Waals surface area contributed by atoms with Crippen LogP contribution in [0.2, 0.25) is 10.0 Å². The SMILES string of the molecule is CCOc1ccc(S(=O)(=O)N2CCC[C@@H](C(=O)Nc3c(Cl)cccc3Cl)C2)cc1C. The minimum Gasteiger partial charge on any atom is -0.494 e. The standard InChI is InChI=1S/C21H24Cl2N2O4S/c1-3-29-19-10-9-16(12-14(19)2)30(27,28)25-11-5-6-15(13-25)21(26)24-20-17(22)7-4-8-18(20)23/h4,7-10,12,15H,3,5-6,11,13H2,1-2H3,(H,24,26)/t15-/m1/s1. The molecular formula is C21H24Cl2N2O4S. The average Bonchev–Trinajstić information content (AvgIpc) is 2.72. The fourth-order valence-corrected chi connectivity index (χ4v) is 5.57. The number of sulfonamides is 1. The lowest BCUT2D eigenvalue weighted by molar-refractivity contribution is -0.120. The van der Waals surface area contributed by atoms with Gasteiger partial charge in [0.2, 0.25) is 15.9 Å². The van der Waals surface area contributed by atoms with E-state index >= 15 is 0 Å². The highest BCUT2D eigenvalue weighted by atomic mass is 35.5. The van der Waals surface area contributed by atoms with Gasteiger partial charge in [-0.2, -0.15) is 4.31 Å². The Labute approximate surface area is 187 Å². The molecule has 6 nitrogen and oxygen atoms in total. The van der Waals surface area contributed by atoms with Crippen molar-refractivity contribution in [3.05, 3.63) is 52.0 Å². The van der Waals surface area contributed by atoms with Crippen LogP contribution in [0.3, 0.4) is 0 Å². The summed E-state index contributed by atoms with van der Waals surface area (Å²) in [5.41, 5.74) is 1.09. The summed E-state index contributed by atoms with van der Waals surface area (Å²) in [4.78, 5) is 13.0. The van der Waals surface area contributed by atoms with Crippen LogP contribution in [0, 0.1) is 12.8 Å². The van der Waals surface area contributed by atoms with Gasteiger partial charge in [-0.1, -0.05) is 29.3 Å². The van der Waals surface area contributed by atoms with E-state index in [1.807, 2.05) is 13.8 Å². The van der Waals surface area contributed by atoms with E-state index in [0.717, 1.165) is 5.56 Å². The Balaban J connectivity index is 1.76. The van der Waals surface area contributed by atoms with E-state index in [0.29, 0.717) is 47.5 Å². The first kappa shape index (κ1) is 22.9. The van der Waals surface area contributed by atoms with Crippen LogP contribution in [0.25, 0.3) is 0 Å². The van der Waals surface area contributed by atoms with E-state index in [1.54, 1.807) is 36.4 Å². The number of ether oxygens (including phenoxy) is 1. The Morgan fingerprint density at radius 2 is 1.93 bits per heavy atom. The maximum absolute atomic E-state index is 13.2. The average molecular weight is 471 g/mol. The highest BCUT2D eigenvalue weighted by Crippen LogP contribution is 2.32. The molecule has 3 rings (SSSR count). The number of hydrogen-bond donors (Lipinski definition) is 1. The molecule has 1 N–H and O–H groups in total. The number of carbonyl (C=O) groups is 1. The molecule has 0 unspecified atom stereocenters. The van der Waals surface area contributed by atoms with Gasteiger partial charge in [0.15, 0.2) is 0 Å². The van der Waals surface area contributed by atoms with E-state index in [4.69, 9.17) is 27.9 Å². The lowest BCUT2D eigenvalue weighted by Gasteiger charge is -2.31. The number of nitrogens with zero attached hydrogens (tertiary/aromatic N) is 1. The first-order valence-electron chi connectivity index (χ1n) is 9.72. The van der Waals surface area contributed by atoms with Crippen LogP contribution in [0.1, 0.15) is 25.3 Å². The van der Waals surface area contributed by atoms with Gasteiger partial charge in [0.25, 0.3) is 0 Å². The molecule has 2 aromatic carbocycles. The minimum atomic E-state index is -3.73. The van der Waals surface area contributed by atoms with E-state index in [9.17, 15) is 13.2 Å². The first-order chi connectivity index (χ1) is 14.2. The fraction of sp³-hybridized carbons (Fsp3) is 0.381. The van der Waals surface area contributed by atoms with Crippen molar-refractivity contribution in [1.82, 2.24) is 4.31 Å². The number of carbonyl (C=O) groups excluding carboxylic acids is 1. The number of halogens is 2. The molecule has 0 spiro atoms. The predicted molar refractivity (Wildman–Crippen MR) is 119 cm³/mol. The molecule has 30 heavy (non-hydrogen) atoms. The van der Waals surface area contributed by atoms with Crippen molar-refractivity contribution >= 4 is 44.8 Å². The molecule has 2 aromatic rings. The van der Waals surface area contributed by atoms with Crippen LogP contribution in [0.15, 0.2) is 41.3 Å². The Morgan fingerprint density at radius 3 is 2.57 bits per heavy atom. The molecule has 0 radical (unpaired) electrons. The topological polar surface area (TPSA) is 75.7 Å². The molecule has 1 saturated heterocycles. The van der Waals surface area contributed by atoms with Crippen LogP contribution in [-0.4, -0.2) is 38.3 Å². The van der Waals surface area contributed by atoms with Crippen LogP contribution < -0.4 is 10.1 Å². The van der Waals surface area contributed by atoms with E-state index < -0.39 is 15.9 Å². The van der Waals surface area contributed by atoms with E-state index in [2.05, 4.69) is 5.32 Å². The lowest BCUT2D eigenvalue weighted by Crippen LogP contribution is -2.43. The minimum absolute atomic E-state index is 0.0997. The Bertz CT molecular complexity index is 1020. The van der Waals surface area contributed by atoms with Gasteiger partial charge < -0.3 is 10.1 Å². The van der Waals surface area contributed by atoms with Gasteiger partial charge >= 0.3 is 0 Å². The van der Waals surface area contributed by atoms with Crippen molar-refractivity contribution in [2.24, 2.45) is 5.92 Å². The van der Waals surface area contributed by atoms with Gasteiger partial charge in [-0.25, -0.2) is 8.42 Å². The third kappa shape index (κ3) is 4.91. The maximum atomic E-state index is 13.2. The number of anilines is 1. The Morgan fingerprint density at radius 1 is 1.23 bits per heavy atom. The third-order valence-electron chi connectivity index (χ3n) is 5.05. The molecule has 1 aliphatic rings. The molecular weight excluding hydrogens is 447 g/mol. The Hall–Kier alpha value is -1.80. The summed E-state index contributed by atoms with van der Waals surface area (Å²) >= 11 is 12.3. The molecule has 0 aromatic heterocycles. The molecule has 9 heteroatoms. The van der Waals surface area contributed by atoms with Gasteiger partial charge in [-0.15, -0.1) is 0 Å². The van der Waals surface area contributed by atoms with Gasteiger partial charge in [0, 0.05) is 13.1 Å². The molecule has 0 saturated carbocycles. The number of para-hydroxylation sites is 1. The third-order valence-corrected chi connectivity index (χ3v) is 7.54. The number of nitrogens with one attached hydrogen (secondary N) is 1. The zero-order valence-electron chi connectivity index (χ0n) is 16.8. The number of aryl methyl sites for hydroxylation is 1. The van der Waals surface area contributed by atoms with Gasteiger partial charge in [-0.3, -0.25) is 4.79 Å². The van der Waals surface area contributed by atoms with Gasteiger partial charge in [0.1, 0.15) is 5.75 Å². The second kappa shape index (κ2) is 9.56. The first-order valence-corrected chi connectivity index (χ1v) is 11.9. The van der Waals surface area contributed by atoms with Crippen LogP contribution in [0.5, 0.6) is 5.75 Å². The molecule has 162 valence electrons. The molecule has 1 aliphatic heterocycles. The summed E-state index contributed by atoms with van der Waals surface area (Å²) < 4.78 is 33.2. The summed E-state index contributed by atoms with van der Waals surface area (Å²) in [5.74, 6) is -0.138. The largest absolute Gasteiger partial charge is 0.494 e. The number of piperidine rings is 1. The Kier molecular flexibility index (Phi) is 7.29. The zero-order chi connectivity index (χ0) is 21.9. The van der Waals surface area contributed by atoms with Crippen molar-refractivity contribution in [2.75, 3.05) is 25.0 Å². The number of amides is 1. The fourth-order valence-electron chi connectivity index (χ4n) is 3.47. The van der Waals surface area contributed by atoms with Crippen molar-refractivity contribution < 1.29 is 17.9 Å². The summed E-state index contributed by atoms with van der Waals surface area (Å²) in [6, 6.07) is 9.77. The smallest absolute Gasteiger partial charge is 0.243 e. The number of benzene rings is 2. The summed E-state index contributed by atoms with van der Waals surface area (Å²) in [7, 11) is -3.73.